The lowest BCUT2D eigenvalue weighted by atomic mass is 10.0. The monoisotopic (exact) mass is 776 g/mol. The Labute approximate surface area is 343 Å². The first-order chi connectivity index (χ1) is 27.5. The summed E-state index contributed by atoms with van der Waals surface area (Å²) in [5, 5.41) is 23.6. The molecular formula is C50H81NO5. The van der Waals surface area contributed by atoms with E-state index in [1.165, 1.54) is 51.4 Å². The molecule has 0 spiro atoms. The van der Waals surface area contributed by atoms with Crippen molar-refractivity contribution in [2.24, 2.45) is 0 Å². The highest BCUT2D eigenvalue weighted by Gasteiger charge is 2.23. The van der Waals surface area contributed by atoms with Crippen molar-refractivity contribution >= 4 is 11.9 Å². The molecule has 0 aliphatic heterocycles. The summed E-state index contributed by atoms with van der Waals surface area (Å²) in [4.78, 5) is 25.9. The van der Waals surface area contributed by atoms with Crippen LogP contribution in [-0.4, -0.2) is 46.9 Å². The number of carbonyl (C=O) groups excluding carboxylic acids is 2. The number of carbonyl (C=O) groups is 2. The van der Waals surface area contributed by atoms with E-state index >= 15 is 0 Å². The summed E-state index contributed by atoms with van der Waals surface area (Å²) >= 11 is 0. The van der Waals surface area contributed by atoms with Crippen LogP contribution in [0.5, 0.6) is 0 Å². The first-order valence-electron chi connectivity index (χ1n) is 22.2. The van der Waals surface area contributed by atoms with Crippen molar-refractivity contribution < 1.29 is 24.5 Å². The summed E-state index contributed by atoms with van der Waals surface area (Å²) in [6, 6.07) is -0.738. The van der Waals surface area contributed by atoms with E-state index in [9.17, 15) is 19.8 Å². The third-order valence-corrected chi connectivity index (χ3v) is 9.32. The van der Waals surface area contributed by atoms with Crippen LogP contribution in [0.4, 0.5) is 0 Å². The quantitative estimate of drug-likeness (QED) is 0.0332. The van der Waals surface area contributed by atoms with Crippen LogP contribution in [0.1, 0.15) is 168 Å². The molecule has 316 valence electrons. The maximum atomic E-state index is 13.1. The Kier molecular flexibility index (Phi) is 40.0. The Bertz CT molecular complexity index is 1190. The Morgan fingerprint density at radius 2 is 0.982 bits per heavy atom. The molecule has 6 heteroatoms. The zero-order valence-electron chi connectivity index (χ0n) is 35.7. The average Bonchev–Trinajstić information content (AvgIpc) is 3.19. The second-order valence-electron chi connectivity index (χ2n) is 14.5. The molecule has 3 N–H and O–H groups in total. The van der Waals surface area contributed by atoms with Crippen molar-refractivity contribution in [2.45, 2.75) is 187 Å². The lowest BCUT2D eigenvalue weighted by Crippen LogP contribution is -2.46. The average molecular weight is 776 g/mol. The van der Waals surface area contributed by atoms with Gasteiger partial charge in [-0.1, -0.05) is 207 Å². The van der Waals surface area contributed by atoms with Crippen LogP contribution in [0.15, 0.2) is 109 Å². The Balaban J connectivity index is 4.84. The van der Waals surface area contributed by atoms with Gasteiger partial charge in [0, 0.05) is 6.42 Å². The normalized spacial score (nSPS) is 14.4. The van der Waals surface area contributed by atoms with Crippen LogP contribution in [0.25, 0.3) is 0 Å². The Morgan fingerprint density at radius 3 is 1.48 bits per heavy atom. The maximum absolute atomic E-state index is 13.1. The second-order valence-corrected chi connectivity index (χ2v) is 14.5. The molecule has 0 aliphatic rings. The molecule has 0 aromatic rings. The third kappa shape index (κ3) is 37.4. The molecule has 0 bridgehead atoms. The van der Waals surface area contributed by atoms with Gasteiger partial charge in [0.05, 0.1) is 25.2 Å². The van der Waals surface area contributed by atoms with Crippen molar-refractivity contribution in [3.05, 3.63) is 109 Å². The number of hydrogen-bond acceptors (Lipinski definition) is 5. The van der Waals surface area contributed by atoms with Gasteiger partial charge in [-0.3, -0.25) is 9.59 Å². The lowest BCUT2D eigenvalue weighted by molar-refractivity contribution is -0.151. The third-order valence-electron chi connectivity index (χ3n) is 9.32. The molecular weight excluding hydrogens is 695 g/mol. The van der Waals surface area contributed by atoms with Gasteiger partial charge in [0.1, 0.15) is 6.10 Å². The summed E-state index contributed by atoms with van der Waals surface area (Å²) in [6.45, 7) is 6.12. The predicted octanol–water partition coefficient (Wildman–Crippen LogP) is 12.8. The van der Waals surface area contributed by atoms with Crippen molar-refractivity contribution in [1.29, 1.82) is 0 Å². The molecule has 0 aromatic heterocycles. The zero-order valence-corrected chi connectivity index (χ0v) is 35.7. The summed E-state index contributed by atoms with van der Waals surface area (Å²) in [5.74, 6) is -0.608. The standard InChI is InChI=1S/C50H81NO5/c1-4-7-10-13-16-19-22-24-27-29-32-35-38-41-46(56-50(55)43-40-37-34-31-28-25-23-20-17-14-11-8-5-2)44-49(54)51-47(45-52)48(53)42-39-36-33-30-26-21-18-15-12-9-6-3/h7-8,10-11,13-14,16-17,19-20,22-25,27-29,32,46-48,52-53H,4-6,9,12,15,18,21,26,30-31,33-45H2,1-3H3,(H,51,54)/b10-7+,11-8+,16-13+,17-14+,22-19-,23-20-,27-24-,28-25-,32-29+. The topological polar surface area (TPSA) is 95.9 Å². The summed E-state index contributed by atoms with van der Waals surface area (Å²) in [5.41, 5.74) is 0. The predicted molar refractivity (Wildman–Crippen MR) is 240 cm³/mol. The molecule has 0 saturated heterocycles. The van der Waals surface area contributed by atoms with Crippen LogP contribution in [0.3, 0.4) is 0 Å². The minimum atomic E-state index is -0.818. The van der Waals surface area contributed by atoms with Crippen LogP contribution in [0, 0.1) is 0 Å². The fourth-order valence-corrected chi connectivity index (χ4v) is 5.99. The maximum Gasteiger partial charge on any atom is 0.306 e. The van der Waals surface area contributed by atoms with E-state index in [0.717, 1.165) is 70.6 Å². The molecule has 0 aliphatic carbocycles. The molecule has 3 atom stereocenters. The first kappa shape index (κ1) is 52.5. The minimum Gasteiger partial charge on any atom is -0.462 e. The van der Waals surface area contributed by atoms with Gasteiger partial charge in [0.15, 0.2) is 0 Å². The largest absolute Gasteiger partial charge is 0.462 e. The van der Waals surface area contributed by atoms with E-state index in [1.807, 2.05) is 85.1 Å². The van der Waals surface area contributed by atoms with Gasteiger partial charge in [-0.05, 0) is 57.8 Å². The number of esters is 1. The highest BCUT2D eigenvalue weighted by molar-refractivity contribution is 5.77. The van der Waals surface area contributed by atoms with Gasteiger partial charge in [0.25, 0.3) is 0 Å². The SMILES string of the molecule is CC/C=C/C=C/C=C\C=C/C=C/CCCC(CC(=O)NC(CO)C(O)CCCCCCCCCCCCC)OC(=O)CCCCC\C=C/C=C\C=C\C=C\CC. The van der Waals surface area contributed by atoms with Crippen LogP contribution in [0.2, 0.25) is 0 Å². The number of unbranched alkanes of at least 4 members (excludes halogenated alkanes) is 14. The highest BCUT2D eigenvalue weighted by atomic mass is 16.5. The van der Waals surface area contributed by atoms with Crippen LogP contribution >= 0.6 is 0 Å². The molecule has 1 amide bonds. The number of aliphatic hydroxyl groups excluding tert-OH is 2. The van der Waals surface area contributed by atoms with Gasteiger partial charge in [-0.15, -0.1) is 0 Å². The number of rotatable bonds is 37. The van der Waals surface area contributed by atoms with Gasteiger partial charge in [0.2, 0.25) is 5.91 Å². The molecule has 56 heavy (non-hydrogen) atoms. The minimum absolute atomic E-state index is 0.00513. The fourth-order valence-electron chi connectivity index (χ4n) is 5.99. The summed E-state index contributed by atoms with van der Waals surface area (Å²) in [6.07, 6.45) is 57.2. The van der Waals surface area contributed by atoms with Gasteiger partial charge >= 0.3 is 5.97 Å². The zero-order chi connectivity index (χ0) is 41.0. The molecule has 3 unspecified atom stereocenters. The van der Waals surface area contributed by atoms with Crippen molar-refractivity contribution in [2.75, 3.05) is 6.61 Å². The summed E-state index contributed by atoms with van der Waals surface area (Å²) in [7, 11) is 0. The van der Waals surface area contributed by atoms with E-state index in [0.29, 0.717) is 19.3 Å². The van der Waals surface area contributed by atoms with Gasteiger partial charge in [-0.25, -0.2) is 0 Å². The van der Waals surface area contributed by atoms with Gasteiger partial charge in [-0.2, -0.15) is 0 Å². The lowest BCUT2D eigenvalue weighted by Gasteiger charge is -2.24. The molecule has 0 radical (unpaired) electrons. The number of nitrogens with one attached hydrogen (secondary N) is 1. The molecule has 0 heterocycles. The molecule has 0 fully saturated rings. The smallest absolute Gasteiger partial charge is 0.306 e. The molecule has 0 aromatic carbocycles. The number of hydrogen-bond donors (Lipinski definition) is 3. The number of amides is 1. The number of aliphatic hydroxyl groups is 2. The van der Waals surface area contributed by atoms with E-state index in [4.69, 9.17) is 4.74 Å². The van der Waals surface area contributed by atoms with Crippen LogP contribution < -0.4 is 5.32 Å². The summed E-state index contributed by atoms with van der Waals surface area (Å²) < 4.78 is 5.84. The van der Waals surface area contributed by atoms with Crippen molar-refractivity contribution in [3.63, 3.8) is 0 Å². The Morgan fingerprint density at radius 1 is 0.536 bits per heavy atom. The van der Waals surface area contributed by atoms with E-state index in [2.05, 4.69) is 50.4 Å². The number of ether oxygens (including phenoxy) is 1. The molecule has 0 saturated carbocycles. The number of allylic oxidation sites excluding steroid dienone is 18. The van der Waals surface area contributed by atoms with E-state index in [1.54, 1.807) is 0 Å². The van der Waals surface area contributed by atoms with E-state index in [-0.39, 0.29) is 24.9 Å². The highest BCUT2D eigenvalue weighted by Crippen LogP contribution is 2.16. The second kappa shape index (κ2) is 42.7. The van der Waals surface area contributed by atoms with Crippen LogP contribution in [-0.2, 0) is 14.3 Å². The Hall–Kier alpha value is -3.48. The fraction of sp³-hybridized carbons (Fsp3) is 0.600. The van der Waals surface area contributed by atoms with E-state index < -0.39 is 18.2 Å². The van der Waals surface area contributed by atoms with Gasteiger partial charge < -0.3 is 20.3 Å². The molecule has 0 rings (SSSR count). The van der Waals surface area contributed by atoms with Crippen molar-refractivity contribution in [3.8, 4) is 0 Å². The molecule has 6 nitrogen and oxygen atoms in total. The first-order valence-corrected chi connectivity index (χ1v) is 22.2. The van der Waals surface area contributed by atoms with Crippen molar-refractivity contribution in [1.82, 2.24) is 5.32 Å².